The summed E-state index contributed by atoms with van der Waals surface area (Å²) in [6, 6.07) is 6.29. The normalized spacial score (nSPS) is 9.90. The van der Waals surface area contributed by atoms with Gasteiger partial charge in [0.15, 0.2) is 0 Å². The van der Waals surface area contributed by atoms with Gasteiger partial charge in [-0.1, -0.05) is 0 Å². The number of nitro groups is 2. The molecular formula is C12H8N4O5. The third-order valence-corrected chi connectivity index (χ3v) is 2.53. The van der Waals surface area contributed by atoms with E-state index in [1.807, 2.05) is 0 Å². The Morgan fingerprint density at radius 2 is 1.62 bits per heavy atom. The lowest BCUT2D eigenvalue weighted by atomic mass is 10.2. The molecule has 0 spiro atoms. The molecule has 21 heavy (non-hydrogen) atoms. The van der Waals surface area contributed by atoms with Crippen LogP contribution in [-0.2, 0) is 0 Å². The van der Waals surface area contributed by atoms with E-state index < -0.39 is 15.8 Å². The Hall–Kier alpha value is -3.36. The van der Waals surface area contributed by atoms with Crippen LogP contribution in [0.25, 0.3) is 0 Å². The monoisotopic (exact) mass is 288 g/mol. The maximum Gasteiger partial charge on any atom is 0.288 e. The zero-order chi connectivity index (χ0) is 15.4. The van der Waals surface area contributed by atoms with Gasteiger partial charge in [-0.25, -0.2) is 0 Å². The number of non-ortho nitro benzene ring substituents is 1. The Labute approximate surface area is 117 Å². The molecule has 0 radical (unpaired) electrons. The molecule has 2 aromatic rings. The van der Waals surface area contributed by atoms with Crippen LogP contribution in [0.3, 0.4) is 0 Å². The minimum absolute atomic E-state index is 0.0163. The lowest BCUT2D eigenvalue weighted by Gasteiger charge is -2.04. The van der Waals surface area contributed by atoms with Crippen LogP contribution >= 0.6 is 0 Å². The van der Waals surface area contributed by atoms with Crippen LogP contribution in [0.15, 0.2) is 42.7 Å². The number of rotatable bonds is 4. The topological polar surface area (TPSA) is 128 Å². The number of nitrogens with one attached hydrogen (secondary N) is 1. The molecule has 0 fully saturated rings. The highest BCUT2D eigenvalue weighted by Gasteiger charge is 2.13. The predicted molar refractivity (Wildman–Crippen MR) is 71.9 cm³/mol. The van der Waals surface area contributed by atoms with Gasteiger partial charge in [0, 0.05) is 30.1 Å². The number of benzene rings is 1. The summed E-state index contributed by atoms with van der Waals surface area (Å²) in [7, 11) is 0. The van der Waals surface area contributed by atoms with E-state index in [9.17, 15) is 25.0 Å². The van der Waals surface area contributed by atoms with Crippen molar-refractivity contribution in [2.45, 2.75) is 0 Å². The molecule has 0 unspecified atom stereocenters. The molecule has 2 rings (SSSR count). The van der Waals surface area contributed by atoms with Crippen molar-refractivity contribution < 1.29 is 14.6 Å². The van der Waals surface area contributed by atoms with Crippen molar-refractivity contribution in [3.8, 4) is 0 Å². The van der Waals surface area contributed by atoms with Gasteiger partial charge >= 0.3 is 0 Å². The fourth-order valence-corrected chi connectivity index (χ4v) is 1.52. The molecule has 0 saturated heterocycles. The van der Waals surface area contributed by atoms with E-state index in [-0.39, 0.29) is 16.9 Å². The average molecular weight is 288 g/mol. The van der Waals surface area contributed by atoms with Crippen molar-refractivity contribution in [3.63, 3.8) is 0 Å². The second kappa shape index (κ2) is 5.74. The highest BCUT2D eigenvalue weighted by atomic mass is 16.6. The van der Waals surface area contributed by atoms with Crippen LogP contribution in [-0.4, -0.2) is 20.7 Å². The van der Waals surface area contributed by atoms with Crippen LogP contribution in [0.2, 0.25) is 0 Å². The van der Waals surface area contributed by atoms with Crippen molar-refractivity contribution in [2.75, 3.05) is 5.32 Å². The number of hydrogen-bond acceptors (Lipinski definition) is 6. The summed E-state index contributed by atoms with van der Waals surface area (Å²) in [5, 5.41) is 23.6. The minimum Gasteiger partial charge on any atom is -0.322 e. The molecule has 9 heteroatoms. The molecule has 0 aliphatic rings. The first-order valence-electron chi connectivity index (χ1n) is 5.62. The Bertz CT molecular complexity index is 714. The van der Waals surface area contributed by atoms with E-state index in [2.05, 4.69) is 10.3 Å². The SMILES string of the molecule is O=C(Nc1ccc([N+](=O)[O-])cc1)c1cncc([N+](=O)[O-])c1. The van der Waals surface area contributed by atoms with Crippen LogP contribution < -0.4 is 5.32 Å². The first-order valence-corrected chi connectivity index (χ1v) is 5.62. The molecule has 0 aliphatic carbocycles. The summed E-state index contributed by atoms with van der Waals surface area (Å²) >= 11 is 0. The van der Waals surface area contributed by atoms with Crippen molar-refractivity contribution in [1.82, 2.24) is 4.98 Å². The molecule has 1 aromatic heterocycles. The zero-order valence-corrected chi connectivity index (χ0v) is 10.4. The second-order valence-corrected chi connectivity index (χ2v) is 3.95. The lowest BCUT2D eigenvalue weighted by Crippen LogP contribution is -2.12. The van der Waals surface area contributed by atoms with E-state index in [0.29, 0.717) is 5.69 Å². The third kappa shape index (κ3) is 3.35. The number of carbonyl (C=O) groups excluding carboxylic acids is 1. The van der Waals surface area contributed by atoms with Gasteiger partial charge in [0.1, 0.15) is 6.20 Å². The number of pyridine rings is 1. The first-order chi connectivity index (χ1) is 9.97. The fourth-order valence-electron chi connectivity index (χ4n) is 1.52. The largest absolute Gasteiger partial charge is 0.322 e. The molecule has 0 bridgehead atoms. The summed E-state index contributed by atoms with van der Waals surface area (Å²) in [6.07, 6.45) is 2.22. The van der Waals surface area contributed by atoms with Crippen molar-refractivity contribution in [3.05, 3.63) is 68.5 Å². The molecule has 0 atom stereocenters. The number of carbonyl (C=O) groups is 1. The van der Waals surface area contributed by atoms with Crippen molar-refractivity contribution in [2.24, 2.45) is 0 Å². The molecule has 1 N–H and O–H groups in total. The smallest absolute Gasteiger partial charge is 0.288 e. The van der Waals surface area contributed by atoms with Crippen LogP contribution in [0.5, 0.6) is 0 Å². The average Bonchev–Trinajstić information content (AvgIpc) is 2.48. The standard InChI is InChI=1S/C12H8N4O5/c17-12(8-5-11(16(20)21)7-13-6-8)14-9-1-3-10(4-2-9)15(18)19/h1-7H,(H,14,17). The van der Waals surface area contributed by atoms with Gasteiger partial charge in [-0.05, 0) is 12.1 Å². The predicted octanol–water partition coefficient (Wildman–Crippen LogP) is 2.15. The molecule has 1 amide bonds. The quantitative estimate of drug-likeness (QED) is 0.677. The van der Waals surface area contributed by atoms with Crippen LogP contribution in [0.4, 0.5) is 17.1 Å². The van der Waals surface area contributed by atoms with E-state index in [0.717, 1.165) is 12.3 Å². The highest BCUT2D eigenvalue weighted by Crippen LogP contribution is 2.17. The molecule has 9 nitrogen and oxygen atoms in total. The van der Waals surface area contributed by atoms with Gasteiger partial charge < -0.3 is 5.32 Å². The van der Waals surface area contributed by atoms with E-state index in [4.69, 9.17) is 0 Å². The van der Waals surface area contributed by atoms with Gasteiger partial charge in [0.25, 0.3) is 17.3 Å². The number of nitrogens with zero attached hydrogens (tertiary/aromatic N) is 3. The van der Waals surface area contributed by atoms with Crippen LogP contribution in [0.1, 0.15) is 10.4 Å². The number of aromatic nitrogens is 1. The lowest BCUT2D eigenvalue weighted by molar-refractivity contribution is -0.385. The zero-order valence-electron chi connectivity index (χ0n) is 10.4. The highest BCUT2D eigenvalue weighted by molar-refractivity contribution is 6.04. The number of hydrogen-bond donors (Lipinski definition) is 1. The van der Waals surface area contributed by atoms with Crippen LogP contribution in [0, 0.1) is 20.2 Å². The fraction of sp³-hybridized carbons (Fsp3) is 0. The molecule has 0 saturated carbocycles. The van der Waals surface area contributed by atoms with Gasteiger partial charge in [-0.2, -0.15) is 0 Å². The molecule has 0 aliphatic heterocycles. The Morgan fingerprint density at radius 3 is 2.19 bits per heavy atom. The second-order valence-electron chi connectivity index (χ2n) is 3.95. The number of amides is 1. The minimum atomic E-state index is -0.657. The third-order valence-electron chi connectivity index (χ3n) is 2.53. The summed E-state index contributed by atoms with van der Waals surface area (Å²) in [5.74, 6) is -0.597. The van der Waals surface area contributed by atoms with Gasteiger partial charge in [-0.3, -0.25) is 30.0 Å². The summed E-state index contributed by atoms with van der Waals surface area (Å²) in [4.78, 5) is 35.4. The van der Waals surface area contributed by atoms with Gasteiger partial charge in [0.2, 0.25) is 0 Å². The summed E-state index contributed by atoms with van der Waals surface area (Å²) < 4.78 is 0. The van der Waals surface area contributed by atoms with E-state index in [1.54, 1.807) is 0 Å². The number of nitro benzene ring substituents is 1. The summed E-state index contributed by atoms with van der Waals surface area (Å²) in [6.45, 7) is 0. The molecule has 106 valence electrons. The molecule has 1 aromatic carbocycles. The van der Waals surface area contributed by atoms with E-state index >= 15 is 0 Å². The van der Waals surface area contributed by atoms with E-state index in [1.165, 1.54) is 30.5 Å². The van der Waals surface area contributed by atoms with Crippen molar-refractivity contribution >= 4 is 23.0 Å². The van der Waals surface area contributed by atoms with Gasteiger partial charge in [0.05, 0.1) is 15.4 Å². The maximum absolute atomic E-state index is 11.9. The van der Waals surface area contributed by atoms with Crippen molar-refractivity contribution in [1.29, 1.82) is 0 Å². The summed E-state index contributed by atoms with van der Waals surface area (Å²) in [5.41, 5.74) is -0.0592. The Kier molecular flexibility index (Phi) is 3.84. The molecular weight excluding hydrogens is 280 g/mol. The first kappa shape index (κ1) is 14.1. The Morgan fingerprint density at radius 1 is 1.00 bits per heavy atom. The molecule has 1 heterocycles. The van der Waals surface area contributed by atoms with Gasteiger partial charge in [-0.15, -0.1) is 0 Å². The number of anilines is 1. The Balaban J connectivity index is 2.16. The maximum atomic E-state index is 11.9.